The van der Waals surface area contributed by atoms with Crippen LogP contribution in [0.3, 0.4) is 0 Å². The average Bonchev–Trinajstić information content (AvgIpc) is 3.33. The first-order chi connectivity index (χ1) is 17.4. The van der Waals surface area contributed by atoms with E-state index in [1.54, 1.807) is 0 Å². The van der Waals surface area contributed by atoms with Gasteiger partial charge in [0.1, 0.15) is 0 Å². The van der Waals surface area contributed by atoms with Gasteiger partial charge in [0.05, 0.1) is 12.2 Å². The molecule has 210 valence electrons. The van der Waals surface area contributed by atoms with Gasteiger partial charge in [-0.2, -0.15) is 5.10 Å². The molecule has 5 rings (SSSR count). The topological polar surface area (TPSA) is 85.9 Å². The fourth-order valence-electron chi connectivity index (χ4n) is 10.2. The predicted molar refractivity (Wildman–Crippen MR) is 148 cm³/mol. The molecule has 0 bridgehead atoms. The molecule has 10 atom stereocenters. The zero-order valence-electron chi connectivity index (χ0n) is 24.5. The van der Waals surface area contributed by atoms with Crippen LogP contribution in [0.25, 0.3) is 0 Å². The summed E-state index contributed by atoms with van der Waals surface area (Å²) in [6.07, 6.45) is 12.6. The second-order valence-corrected chi connectivity index (χ2v) is 14.9. The lowest BCUT2D eigenvalue weighted by Crippen LogP contribution is -2.63. The Bertz CT molecular complexity index is 902. The molecule has 0 aromatic heterocycles. The van der Waals surface area contributed by atoms with E-state index in [0.717, 1.165) is 48.6 Å². The number of fused-ring (bicyclic) bond motifs is 8. The van der Waals surface area contributed by atoms with Crippen LogP contribution >= 0.6 is 0 Å². The molecule has 4 aliphatic carbocycles. The molecule has 0 unspecified atom stereocenters. The largest absolute Gasteiger partial charge is 0.350 e. The first kappa shape index (κ1) is 27.4. The number of carbonyl (C=O) groups is 1. The third-order valence-corrected chi connectivity index (χ3v) is 11.9. The van der Waals surface area contributed by atoms with Crippen molar-refractivity contribution in [1.29, 1.82) is 0 Å². The second-order valence-electron chi connectivity index (χ2n) is 14.9. The summed E-state index contributed by atoms with van der Waals surface area (Å²) in [6.45, 7) is 16.6. The number of urea groups is 1. The van der Waals surface area contributed by atoms with Gasteiger partial charge >= 0.3 is 6.03 Å². The average molecular weight is 516 g/mol. The molecule has 0 aromatic rings. The Labute approximate surface area is 225 Å². The third-order valence-electron chi connectivity index (χ3n) is 11.9. The molecule has 2 amide bonds. The summed E-state index contributed by atoms with van der Waals surface area (Å²) in [7, 11) is 0. The van der Waals surface area contributed by atoms with Crippen LogP contribution in [-0.4, -0.2) is 29.7 Å². The van der Waals surface area contributed by atoms with E-state index < -0.39 is 11.8 Å². The number of primary amides is 1. The van der Waals surface area contributed by atoms with E-state index in [-0.39, 0.29) is 17.6 Å². The van der Waals surface area contributed by atoms with E-state index in [0.29, 0.717) is 23.2 Å². The van der Waals surface area contributed by atoms with Crippen molar-refractivity contribution in [3.63, 3.8) is 0 Å². The standard InChI is InChI=1S/C31H53N3O3/c1-18(2)9-8-10-19(3)21-11-12-22-25-23(14-16-30(21,22)6)31(7)15-13-20(33-34-28(32)35)17-24(31)26-27(25)37-29(4,5)36-26/h18-19,21-27H,8-17H2,1-7H3,(H3,32,34,35)/t19-,21-,22+,23+,24-,25+,26-,27-,30-,31-/m1/s1. The maximum absolute atomic E-state index is 11.3. The second kappa shape index (κ2) is 9.80. The highest BCUT2D eigenvalue weighted by Gasteiger charge is 2.68. The number of amides is 2. The minimum atomic E-state index is -0.593. The van der Waals surface area contributed by atoms with Gasteiger partial charge < -0.3 is 15.2 Å². The van der Waals surface area contributed by atoms with E-state index in [1.807, 2.05) is 0 Å². The molecule has 5 fully saturated rings. The van der Waals surface area contributed by atoms with Crippen LogP contribution in [0.15, 0.2) is 5.10 Å². The maximum Gasteiger partial charge on any atom is 0.332 e. The molecular weight excluding hydrogens is 462 g/mol. The Morgan fingerprint density at radius 1 is 0.973 bits per heavy atom. The number of rotatable bonds is 6. The van der Waals surface area contributed by atoms with Crippen molar-refractivity contribution >= 4 is 11.7 Å². The Kier molecular flexibility index (Phi) is 7.26. The minimum Gasteiger partial charge on any atom is -0.350 e. The predicted octanol–water partition coefficient (Wildman–Crippen LogP) is 6.87. The van der Waals surface area contributed by atoms with Crippen molar-refractivity contribution in [3.05, 3.63) is 0 Å². The van der Waals surface area contributed by atoms with Crippen LogP contribution in [0, 0.1) is 52.3 Å². The normalized spacial score (nSPS) is 46.2. The lowest BCUT2D eigenvalue weighted by molar-refractivity contribution is -0.174. The zero-order valence-corrected chi connectivity index (χ0v) is 24.5. The molecule has 6 heteroatoms. The Morgan fingerprint density at radius 3 is 2.38 bits per heavy atom. The highest BCUT2D eigenvalue weighted by molar-refractivity contribution is 5.87. The van der Waals surface area contributed by atoms with Crippen molar-refractivity contribution in [2.45, 2.75) is 131 Å². The number of carbonyl (C=O) groups excluding carboxylic acids is 1. The molecule has 3 N–H and O–H groups in total. The molecule has 4 saturated carbocycles. The quantitative estimate of drug-likeness (QED) is 0.378. The molecule has 0 spiro atoms. The molecule has 37 heavy (non-hydrogen) atoms. The third kappa shape index (κ3) is 4.77. The summed E-state index contributed by atoms with van der Waals surface area (Å²) in [5.41, 5.74) is 9.46. The maximum atomic E-state index is 11.3. The first-order valence-electron chi connectivity index (χ1n) is 15.3. The number of nitrogens with two attached hydrogens (primary N) is 1. The highest BCUT2D eigenvalue weighted by atomic mass is 16.8. The van der Waals surface area contributed by atoms with Crippen LogP contribution < -0.4 is 11.2 Å². The summed E-state index contributed by atoms with van der Waals surface area (Å²) in [5, 5.41) is 4.38. The number of nitrogens with one attached hydrogen (secondary N) is 1. The molecule has 1 heterocycles. The number of hydrogen-bond acceptors (Lipinski definition) is 4. The van der Waals surface area contributed by atoms with Crippen molar-refractivity contribution in [2.75, 3.05) is 0 Å². The van der Waals surface area contributed by atoms with E-state index >= 15 is 0 Å². The summed E-state index contributed by atoms with van der Waals surface area (Å²) in [5.74, 6) is 4.19. The van der Waals surface area contributed by atoms with Gasteiger partial charge in [-0.25, -0.2) is 10.2 Å². The van der Waals surface area contributed by atoms with Gasteiger partial charge in [-0.15, -0.1) is 0 Å². The fraction of sp³-hybridized carbons (Fsp3) is 0.935. The SMILES string of the molecule is CC(C)CCC[C@@H](C)[C@H]1CC[C@H]2[C@@H]3[C@H]4OC(C)(C)O[C@@H]4[C@H]4CC(=NNC(N)=O)CC[C@]4(C)[C@H]3CC[C@]12C. The lowest BCUT2D eigenvalue weighted by atomic mass is 9.43. The van der Waals surface area contributed by atoms with Gasteiger partial charge in [-0.3, -0.25) is 0 Å². The summed E-state index contributed by atoms with van der Waals surface area (Å²) in [6, 6.07) is -0.593. The van der Waals surface area contributed by atoms with Crippen molar-refractivity contribution in [3.8, 4) is 0 Å². The van der Waals surface area contributed by atoms with E-state index in [1.165, 1.54) is 44.9 Å². The summed E-state index contributed by atoms with van der Waals surface area (Å²) in [4.78, 5) is 11.3. The van der Waals surface area contributed by atoms with Gasteiger partial charge in [-0.05, 0) is 111 Å². The van der Waals surface area contributed by atoms with Crippen LogP contribution in [0.2, 0.25) is 0 Å². The molecule has 5 aliphatic rings. The Balaban J connectivity index is 1.42. The van der Waals surface area contributed by atoms with Gasteiger partial charge in [0.15, 0.2) is 5.79 Å². The molecule has 0 aromatic carbocycles. The summed E-state index contributed by atoms with van der Waals surface area (Å²) < 4.78 is 13.6. The lowest BCUT2D eigenvalue weighted by Gasteiger charge is -2.63. The van der Waals surface area contributed by atoms with Gasteiger partial charge in [0, 0.05) is 5.71 Å². The van der Waals surface area contributed by atoms with Crippen LogP contribution in [-0.2, 0) is 9.47 Å². The molecule has 6 nitrogen and oxygen atoms in total. The smallest absolute Gasteiger partial charge is 0.332 e. The molecule has 1 aliphatic heterocycles. The summed E-state index contributed by atoms with van der Waals surface area (Å²) >= 11 is 0. The van der Waals surface area contributed by atoms with Crippen molar-refractivity contribution < 1.29 is 14.3 Å². The van der Waals surface area contributed by atoms with Crippen molar-refractivity contribution in [1.82, 2.24) is 5.43 Å². The number of ether oxygens (including phenoxy) is 2. The van der Waals surface area contributed by atoms with Crippen LogP contribution in [0.1, 0.15) is 113 Å². The number of nitrogens with zero attached hydrogens (tertiary/aromatic N) is 1. The van der Waals surface area contributed by atoms with Gasteiger partial charge in [0.25, 0.3) is 0 Å². The molecule has 1 saturated heterocycles. The van der Waals surface area contributed by atoms with Gasteiger partial charge in [0.2, 0.25) is 0 Å². The minimum absolute atomic E-state index is 0.0881. The van der Waals surface area contributed by atoms with E-state index in [4.69, 9.17) is 15.2 Å². The van der Waals surface area contributed by atoms with Crippen molar-refractivity contribution in [2.24, 2.45) is 63.1 Å². The fourth-order valence-corrected chi connectivity index (χ4v) is 10.2. The van der Waals surface area contributed by atoms with Crippen LogP contribution in [0.4, 0.5) is 4.79 Å². The number of hydrogen-bond donors (Lipinski definition) is 2. The van der Waals surface area contributed by atoms with Gasteiger partial charge in [-0.1, -0.05) is 53.9 Å². The Hall–Kier alpha value is -1.14. The first-order valence-corrected chi connectivity index (χ1v) is 15.3. The van der Waals surface area contributed by atoms with E-state index in [2.05, 4.69) is 59.0 Å². The van der Waals surface area contributed by atoms with E-state index in [9.17, 15) is 4.79 Å². The Morgan fingerprint density at radius 2 is 1.68 bits per heavy atom. The van der Waals surface area contributed by atoms with Crippen LogP contribution in [0.5, 0.6) is 0 Å². The zero-order chi connectivity index (χ0) is 26.8. The highest BCUT2D eigenvalue weighted by Crippen LogP contribution is 2.70. The molecule has 0 radical (unpaired) electrons. The number of hydrazone groups is 1. The monoisotopic (exact) mass is 515 g/mol. The molecular formula is C31H53N3O3.